The lowest BCUT2D eigenvalue weighted by molar-refractivity contribution is -0.132. The van der Waals surface area contributed by atoms with E-state index in [1.165, 1.54) is 20.2 Å². The van der Waals surface area contributed by atoms with Gasteiger partial charge in [-0.05, 0) is 6.07 Å². The number of carbonyl (C=O) groups excluding carboxylic acids is 1. The van der Waals surface area contributed by atoms with Crippen molar-refractivity contribution in [3.8, 4) is 11.6 Å². The number of rotatable bonds is 2. The third kappa shape index (κ3) is 2.23. The van der Waals surface area contributed by atoms with Gasteiger partial charge in [0, 0.05) is 19.2 Å². The van der Waals surface area contributed by atoms with Crippen LogP contribution in [-0.4, -0.2) is 18.1 Å². The number of methoxy groups -OCH3 is 1. The Balaban J connectivity index is 2.79. The Morgan fingerprint density at radius 3 is 2.92 bits per heavy atom. The molecule has 0 amide bonds. The lowest BCUT2D eigenvalue weighted by atomic mass is 10.4. The largest absolute Gasteiger partial charge is 0.497 e. The Kier molecular flexibility index (Phi) is 2.63. The molecule has 0 aromatic carbocycles. The summed E-state index contributed by atoms with van der Waals surface area (Å²) in [6, 6.07) is 3.22. The maximum Gasteiger partial charge on any atom is 0.309 e. The quantitative estimate of drug-likeness (QED) is 0.617. The molecule has 1 aromatic heterocycles. The van der Waals surface area contributed by atoms with Crippen molar-refractivity contribution in [2.75, 3.05) is 7.11 Å². The van der Waals surface area contributed by atoms with Gasteiger partial charge in [0.15, 0.2) is 0 Å². The van der Waals surface area contributed by atoms with E-state index in [1.807, 2.05) is 0 Å². The van der Waals surface area contributed by atoms with E-state index in [1.54, 1.807) is 12.1 Å². The van der Waals surface area contributed by atoms with Crippen LogP contribution in [0.25, 0.3) is 0 Å². The lowest BCUT2D eigenvalue weighted by Gasteiger charge is -2.01. The molecule has 0 saturated heterocycles. The van der Waals surface area contributed by atoms with Gasteiger partial charge in [-0.25, -0.2) is 4.98 Å². The lowest BCUT2D eigenvalue weighted by Crippen LogP contribution is -2.02. The highest BCUT2D eigenvalue weighted by atomic mass is 16.5. The molecule has 4 nitrogen and oxygen atoms in total. The van der Waals surface area contributed by atoms with Gasteiger partial charge in [0.2, 0.25) is 5.88 Å². The highest BCUT2D eigenvalue weighted by Crippen LogP contribution is 2.15. The Bertz CT molecular complexity index is 285. The van der Waals surface area contributed by atoms with Crippen LogP contribution in [0, 0.1) is 0 Å². The zero-order valence-electron chi connectivity index (χ0n) is 6.90. The maximum atomic E-state index is 10.5. The van der Waals surface area contributed by atoms with Crippen LogP contribution < -0.4 is 9.47 Å². The van der Waals surface area contributed by atoms with Crippen LogP contribution in [0.5, 0.6) is 11.6 Å². The van der Waals surface area contributed by atoms with Crippen LogP contribution in [0.15, 0.2) is 18.3 Å². The van der Waals surface area contributed by atoms with E-state index < -0.39 is 5.97 Å². The number of ether oxygens (including phenoxy) is 2. The monoisotopic (exact) mass is 167 g/mol. The molecule has 0 fully saturated rings. The molecule has 0 atom stereocenters. The standard InChI is InChI=1S/C8H9NO3/c1-6(10)12-8-5-7(11-2)3-4-9-8/h3-5H,1-2H3. The molecular weight excluding hydrogens is 158 g/mol. The predicted octanol–water partition coefficient (Wildman–Crippen LogP) is 1.02. The molecule has 0 N–H and O–H groups in total. The summed E-state index contributed by atoms with van der Waals surface area (Å²) in [4.78, 5) is 14.3. The number of pyridine rings is 1. The van der Waals surface area contributed by atoms with Crippen LogP contribution >= 0.6 is 0 Å². The summed E-state index contributed by atoms with van der Waals surface area (Å²) in [5.74, 6) is 0.471. The van der Waals surface area contributed by atoms with E-state index in [0.717, 1.165) is 0 Å². The molecule has 1 heterocycles. The second-order valence-corrected chi connectivity index (χ2v) is 2.13. The molecule has 64 valence electrons. The van der Waals surface area contributed by atoms with Crippen LogP contribution in [0.2, 0.25) is 0 Å². The van der Waals surface area contributed by atoms with Gasteiger partial charge in [0.05, 0.1) is 7.11 Å². The molecular formula is C8H9NO3. The minimum atomic E-state index is -0.393. The SMILES string of the molecule is COc1ccnc(OC(C)=O)c1. The molecule has 12 heavy (non-hydrogen) atoms. The van der Waals surface area contributed by atoms with Gasteiger partial charge >= 0.3 is 5.97 Å². The second-order valence-electron chi connectivity index (χ2n) is 2.13. The van der Waals surface area contributed by atoms with E-state index in [9.17, 15) is 4.79 Å². The Labute approximate surface area is 70.1 Å². The van der Waals surface area contributed by atoms with E-state index in [2.05, 4.69) is 4.98 Å². The van der Waals surface area contributed by atoms with Crippen LogP contribution in [-0.2, 0) is 4.79 Å². The number of esters is 1. The zero-order chi connectivity index (χ0) is 8.97. The average Bonchev–Trinajstić information content (AvgIpc) is 2.03. The molecule has 4 heteroatoms. The Hall–Kier alpha value is -1.58. The number of carbonyl (C=O) groups is 1. The third-order valence-corrected chi connectivity index (χ3v) is 1.19. The second kappa shape index (κ2) is 3.71. The molecule has 1 rings (SSSR count). The van der Waals surface area contributed by atoms with Crippen molar-refractivity contribution >= 4 is 5.97 Å². The molecule has 0 spiro atoms. The van der Waals surface area contributed by atoms with Gasteiger partial charge in [-0.15, -0.1) is 0 Å². The summed E-state index contributed by atoms with van der Waals surface area (Å²) in [6.45, 7) is 1.32. The predicted molar refractivity (Wildman–Crippen MR) is 42.1 cm³/mol. The molecule has 0 bridgehead atoms. The van der Waals surface area contributed by atoms with Gasteiger partial charge in [-0.1, -0.05) is 0 Å². The van der Waals surface area contributed by atoms with E-state index >= 15 is 0 Å². The first kappa shape index (κ1) is 8.52. The van der Waals surface area contributed by atoms with Gasteiger partial charge in [-0.2, -0.15) is 0 Å². The summed E-state index contributed by atoms with van der Waals surface area (Å²) in [6.07, 6.45) is 1.51. The minimum Gasteiger partial charge on any atom is -0.497 e. The molecule has 0 aliphatic rings. The van der Waals surface area contributed by atoms with Gasteiger partial charge < -0.3 is 9.47 Å². The van der Waals surface area contributed by atoms with Gasteiger partial charge in [0.1, 0.15) is 5.75 Å². The van der Waals surface area contributed by atoms with Crippen molar-refractivity contribution in [3.63, 3.8) is 0 Å². The first-order valence-electron chi connectivity index (χ1n) is 3.41. The van der Waals surface area contributed by atoms with E-state index in [-0.39, 0.29) is 5.88 Å². The fourth-order valence-electron chi connectivity index (χ4n) is 0.721. The summed E-state index contributed by atoms with van der Waals surface area (Å²) >= 11 is 0. The molecule has 0 radical (unpaired) electrons. The van der Waals surface area contributed by atoms with Crippen molar-refractivity contribution in [1.82, 2.24) is 4.98 Å². The highest BCUT2D eigenvalue weighted by Gasteiger charge is 1.99. The van der Waals surface area contributed by atoms with Crippen molar-refractivity contribution in [2.45, 2.75) is 6.92 Å². The van der Waals surface area contributed by atoms with Crippen LogP contribution in [0.1, 0.15) is 6.92 Å². The number of aromatic nitrogens is 1. The third-order valence-electron chi connectivity index (χ3n) is 1.19. The highest BCUT2D eigenvalue weighted by molar-refractivity contribution is 5.68. The van der Waals surface area contributed by atoms with Crippen LogP contribution in [0.4, 0.5) is 0 Å². The number of hydrogen-bond donors (Lipinski definition) is 0. The normalized spacial score (nSPS) is 9.17. The smallest absolute Gasteiger partial charge is 0.309 e. The minimum absolute atomic E-state index is 0.252. The summed E-state index contributed by atoms with van der Waals surface area (Å²) in [7, 11) is 1.53. The van der Waals surface area contributed by atoms with Crippen molar-refractivity contribution in [1.29, 1.82) is 0 Å². The average molecular weight is 167 g/mol. The molecule has 0 saturated carbocycles. The fourth-order valence-corrected chi connectivity index (χ4v) is 0.721. The van der Waals surface area contributed by atoms with Crippen molar-refractivity contribution in [3.05, 3.63) is 18.3 Å². The van der Waals surface area contributed by atoms with Gasteiger partial charge in [0.25, 0.3) is 0 Å². The molecule has 1 aromatic rings. The van der Waals surface area contributed by atoms with Crippen molar-refractivity contribution in [2.24, 2.45) is 0 Å². The number of nitrogens with zero attached hydrogens (tertiary/aromatic N) is 1. The summed E-state index contributed by atoms with van der Waals surface area (Å²) in [5, 5.41) is 0. The number of hydrogen-bond acceptors (Lipinski definition) is 4. The first-order chi connectivity index (χ1) is 5.72. The molecule has 0 unspecified atom stereocenters. The Morgan fingerprint density at radius 2 is 2.33 bits per heavy atom. The Morgan fingerprint density at radius 1 is 1.58 bits per heavy atom. The summed E-state index contributed by atoms with van der Waals surface area (Å²) in [5.41, 5.74) is 0. The maximum absolute atomic E-state index is 10.5. The zero-order valence-corrected chi connectivity index (χ0v) is 6.90. The van der Waals surface area contributed by atoms with E-state index in [0.29, 0.717) is 5.75 Å². The van der Waals surface area contributed by atoms with Crippen molar-refractivity contribution < 1.29 is 14.3 Å². The first-order valence-corrected chi connectivity index (χ1v) is 3.41. The van der Waals surface area contributed by atoms with E-state index in [4.69, 9.17) is 9.47 Å². The summed E-state index contributed by atoms with van der Waals surface area (Å²) < 4.78 is 9.63. The van der Waals surface area contributed by atoms with Crippen LogP contribution in [0.3, 0.4) is 0 Å². The topological polar surface area (TPSA) is 48.4 Å². The molecule has 0 aliphatic carbocycles. The molecule has 0 aliphatic heterocycles. The fraction of sp³-hybridized carbons (Fsp3) is 0.250. The van der Waals surface area contributed by atoms with Gasteiger partial charge in [-0.3, -0.25) is 4.79 Å².